The van der Waals surface area contributed by atoms with Gasteiger partial charge in [-0.1, -0.05) is 11.6 Å². The van der Waals surface area contributed by atoms with Crippen molar-refractivity contribution >= 4 is 51.4 Å². The second kappa shape index (κ2) is 11.8. The van der Waals surface area contributed by atoms with Crippen LogP contribution in [0.25, 0.3) is 0 Å². The molecule has 24 heavy (non-hydrogen) atoms. The molecule has 0 heterocycles. The second-order valence-corrected chi connectivity index (χ2v) is 7.88. The largest absolute Gasteiger partial charge is 0.492 e. The minimum atomic E-state index is -2.92. The Labute approximate surface area is 166 Å². The first-order valence-corrected chi connectivity index (χ1v) is 9.73. The number of sulfone groups is 1. The number of ether oxygens (including phenoxy) is 1. The van der Waals surface area contributed by atoms with E-state index in [2.05, 4.69) is 10.3 Å². The molecule has 0 aliphatic heterocycles. The van der Waals surface area contributed by atoms with E-state index in [0.29, 0.717) is 37.1 Å². The van der Waals surface area contributed by atoms with Crippen molar-refractivity contribution in [3.05, 3.63) is 29.3 Å². The number of likely N-dealkylation sites (N-methyl/N-ethyl adjacent to an activating group) is 1. The van der Waals surface area contributed by atoms with Crippen LogP contribution in [-0.2, 0) is 9.84 Å². The molecule has 0 amide bonds. The fourth-order valence-electron chi connectivity index (χ4n) is 1.86. The number of benzene rings is 1. The van der Waals surface area contributed by atoms with Gasteiger partial charge in [0.2, 0.25) is 0 Å². The van der Waals surface area contributed by atoms with Gasteiger partial charge < -0.3 is 15.0 Å². The summed E-state index contributed by atoms with van der Waals surface area (Å²) in [7, 11) is 0.670. The van der Waals surface area contributed by atoms with Crippen LogP contribution >= 0.6 is 35.6 Å². The van der Waals surface area contributed by atoms with E-state index in [0.717, 1.165) is 5.75 Å². The standard InChI is InChI=1S/C15H24ClN3O3S.HI/c1-17-15(18-9-4-12-23(3,20)21)19(2)10-11-22-14-7-5-13(16)6-8-14;/h5-8H,4,9-12H2,1-3H3,(H,17,18);1H. The summed E-state index contributed by atoms with van der Waals surface area (Å²) in [5, 5.41) is 3.81. The third-order valence-corrected chi connectivity index (χ3v) is 4.34. The normalized spacial score (nSPS) is 11.6. The Morgan fingerprint density at radius 1 is 1.33 bits per heavy atom. The quantitative estimate of drug-likeness (QED) is 0.263. The third-order valence-electron chi connectivity index (χ3n) is 3.06. The molecule has 0 aliphatic rings. The zero-order valence-electron chi connectivity index (χ0n) is 14.2. The number of aliphatic imine (C=N–C) groups is 1. The molecule has 0 fully saturated rings. The molecule has 1 aromatic carbocycles. The van der Waals surface area contributed by atoms with Crippen molar-refractivity contribution in [1.29, 1.82) is 0 Å². The maximum absolute atomic E-state index is 11.1. The minimum absolute atomic E-state index is 0. The van der Waals surface area contributed by atoms with E-state index in [4.69, 9.17) is 16.3 Å². The number of hydrogen-bond donors (Lipinski definition) is 1. The number of hydrogen-bond acceptors (Lipinski definition) is 4. The van der Waals surface area contributed by atoms with E-state index in [1.54, 1.807) is 19.2 Å². The zero-order valence-corrected chi connectivity index (χ0v) is 18.1. The van der Waals surface area contributed by atoms with Crippen LogP contribution in [0.2, 0.25) is 5.02 Å². The van der Waals surface area contributed by atoms with E-state index >= 15 is 0 Å². The Morgan fingerprint density at radius 2 is 1.96 bits per heavy atom. The minimum Gasteiger partial charge on any atom is -0.492 e. The van der Waals surface area contributed by atoms with Gasteiger partial charge in [-0.25, -0.2) is 8.42 Å². The predicted molar refractivity (Wildman–Crippen MR) is 111 cm³/mol. The molecule has 1 rings (SSSR count). The summed E-state index contributed by atoms with van der Waals surface area (Å²) >= 11 is 5.82. The lowest BCUT2D eigenvalue weighted by atomic mass is 10.3. The van der Waals surface area contributed by atoms with Crippen molar-refractivity contribution in [3.63, 3.8) is 0 Å². The lowest BCUT2D eigenvalue weighted by Crippen LogP contribution is -2.41. The van der Waals surface area contributed by atoms with E-state index < -0.39 is 9.84 Å². The fraction of sp³-hybridized carbons (Fsp3) is 0.533. The van der Waals surface area contributed by atoms with Crippen LogP contribution in [0.1, 0.15) is 6.42 Å². The average Bonchev–Trinajstić information content (AvgIpc) is 2.48. The molecule has 0 radical (unpaired) electrons. The maximum atomic E-state index is 11.1. The summed E-state index contributed by atoms with van der Waals surface area (Å²) < 4.78 is 27.8. The maximum Gasteiger partial charge on any atom is 0.193 e. The Kier molecular flexibility index (Phi) is 11.4. The molecule has 138 valence electrons. The smallest absolute Gasteiger partial charge is 0.193 e. The van der Waals surface area contributed by atoms with Crippen molar-refractivity contribution in [3.8, 4) is 5.75 Å². The Bertz CT molecular complexity index is 609. The highest BCUT2D eigenvalue weighted by Crippen LogP contribution is 2.15. The van der Waals surface area contributed by atoms with E-state index in [9.17, 15) is 8.42 Å². The van der Waals surface area contributed by atoms with Gasteiger partial charge in [-0.05, 0) is 30.7 Å². The molecular formula is C15H25ClIN3O3S. The van der Waals surface area contributed by atoms with Gasteiger partial charge >= 0.3 is 0 Å². The van der Waals surface area contributed by atoms with Crippen molar-refractivity contribution in [1.82, 2.24) is 10.2 Å². The van der Waals surface area contributed by atoms with Crippen LogP contribution in [0.5, 0.6) is 5.75 Å². The Balaban J connectivity index is 0.00000529. The molecule has 0 saturated heterocycles. The van der Waals surface area contributed by atoms with Crippen LogP contribution in [0.15, 0.2) is 29.3 Å². The summed E-state index contributed by atoms with van der Waals surface area (Å²) in [5.41, 5.74) is 0. The molecule has 0 unspecified atom stereocenters. The van der Waals surface area contributed by atoms with Crippen molar-refractivity contribution < 1.29 is 13.2 Å². The molecule has 0 spiro atoms. The van der Waals surface area contributed by atoms with Gasteiger partial charge in [-0.2, -0.15) is 0 Å². The molecule has 9 heteroatoms. The monoisotopic (exact) mass is 489 g/mol. The van der Waals surface area contributed by atoms with Gasteiger partial charge in [-0.3, -0.25) is 4.99 Å². The average molecular weight is 490 g/mol. The number of rotatable bonds is 8. The Morgan fingerprint density at radius 3 is 2.50 bits per heavy atom. The summed E-state index contributed by atoms with van der Waals surface area (Å²) in [4.78, 5) is 6.10. The molecule has 0 atom stereocenters. The number of halogens is 2. The number of nitrogens with zero attached hydrogens (tertiary/aromatic N) is 2. The Hall–Kier alpha value is -0.740. The van der Waals surface area contributed by atoms with E-state index in [-0.39, 0.29) is 29.7 Å². The van der Waals surface area contributed by atoms with Crippen LogP contribution in [0, 0.1) is 0 Å². The first-order chi connectivity index (χ1) is 10.8. The lowest BCUT2D eigenvalue weighted by Gasteiger charge is -2.22. The summed E-state index contributed by atoms with van der Waals surface area (Å²) in [5.74, 6) is 1.64. The topological polar surface area (TPSA) is 71.0 Å². The first kappa shape index (κ1) is 23.3. The molecule has 6 nitrogen and oxygen atoms in total. The fourth-order valence-corrected chi connectivity index (χ4v) is 2.65. The van der Waals surface area contributed by atoms with Crippen LogP contribution < -0.4 is 10.1 Å². The van der Waals surface area contributed by atoms with Gasteiger partial charge in [0, 0.05) is 31.9 Å². The van der Waals surface area contributed by atoms with Crippen LogP contribution in [-0.4, -0.2) is 65.1 Å². The van der Waals surface area contributed by atoms with Crippen molar-refractivity contribution in [2.75, 3.05) is 45.8 Å². The highest BCUT2D eigenvalue weighted by molar-refractivity contribution is 14.0. The molecular weight excluding hydrogens is 465 g/mol. The second-order valence-electron chi connectivity index (χ2n) is 5.18. The van der Waals surface area contributed by atoms with E-state index in [1.807, 2.05) is 24.1 Å². The van der Waals surface area contributed by atoms with Gasteiger partial charge in [0.05, 0.1) is 12.3 Å². The van der Waals surface area contributed by atoms with Crippen molar-refractivity contribution in [2.45, 2.75) is 6.42 Å². The summed E-state index contributed by atoms with van der Waals surface area (Å²) in [6.45, 7) is 1.71. The molecule has 0 aliphatic carbocycles. The third kappa shape index (κ3) is 10.2. The van der Waals surface area contributed by atoms with Crippen LogP contribution in [0.4, 0.5) is 0 Å². The molecule has 0 bridgehead atoms. The van der Waals surface area contributed by atoms with Crippen molar-refractivity contribution in [2.24, 2.45) is 4.99 Å². The first-order valence-electron chi connectivity index (χ1n) is 7.29. The highest BCUT2D eigenvalue weighted by atomic mass is 127. The predicted octanol–water partition coefficient (Wildman–Crippen LogP) is 2.28. The van der Waals surface area contributed by atoms with Crippen LogP contribution in [0.3, 0.4) is 0 Å². The SMILES string of the molecule is CN=C(NCCCS(C)(=O)=O)N(C)CCOc1ccc(Cl)cc1.I. The van der Waals surface area contributed by atoms with Gasteiger partial charge in [0.25, 0.3) is 0 Å². The summed E-state index contributed by atoms with van der Waals surface area (Å²) in [6, 6.07) is 7.20. The van der Waals surface area contributed by atoms with Gasteiger partial charge in [0.1, 0.15) is 22.2 Å². The number of guanidine groups is 1. The zero-order chi connectivity index (χ0) is 17.3. The lowest BCUT2D eigenvalue weighted by molar-refractivity contribution is 0.281. The van der Waals surface area contributed by atoms with Gasteiger partial charge in [-0.15, -0.1) is 24.0 Å². The molecule has 0 saturated carbocycles. The molecule has 0 aromatic heterocycles. The van der Waals surface area contributed by atoms with E-state index in [1.165, 1.54) is 6.26 Å². The van der Waals surface area contributed by atoms with Gasteiger partial charge in [0.15, 0.2) is 5.96 Å². The molecule has 1 N–H and O–H groups in total. The number of nitrogens with one attached hydrogen (secondary N) is 1. The molecule has 1 aromatic rings. The summed E-state index contributed by atoms with van der Waals surface area (Å²) in [6.07, 6.45) is 1.79. The highest BCUT2D eigenvalue weighted by Gasteiger charge is 2.07.